The van der Waals surface area contributed by atoms with Crippen molar-refractivity contribution in [2.24, 2.45) is 11.8 Å². The average molecular weight is 489 g/mol. The zero-order chi connectivity index (χ0) is 22.0. The van der Waals surface area contributed by atoms with Crippen LogP contribution < -0.4 is 4.90 Å². The fraction of sp³-hybridized carbons (Fsp3) is 0.160. The smallest absolute Gasteiger partial charge is 0.240 e. The molecule has 0 N–H and O–H groups in total. The first-order chi connectivity index (χ1) is 15.6. The highest BCUT2D eigenvalue weighted by Crippen LogP contribution is 2.53. The van der Waals surface area contributed by atoms with E-state index < -0.39 is 23.9 Å². The van der Waals surface area contributed by atoms with Crippen LogP contribution in [0.1, 0.15) is 27.7 Å². The molecule has 158 valence electrons. The summed E-state index contributed by atoms with van der Waals surface area (Å²) < 4.78 is 6.23. The number of furan rings is 1. The fourth-order valence-electron chi connectivity index (χ4n) is 5.27. The average Bonchev–Trinajstić information content (AvgIpc) is 3.51. The zero-order valence-corrected chi connectivity index (χ0v) is 18.3. The number of ketones is 1. The number of fused-ring (bicyclic) bond motifs is 5. The predicted molar refractivity (Wildman–Crippen MR) is 120 cm³/mol. The molecular weight excluding hydrogens is 472 g/mol. The van der Waals surface area contributed by atoms with E-state index in [2.05, 4.69) is 15.9 Å². The maximum atomic E-state index is 13.7. The van der Waals surface area contributed by atoms with E-state index in [-0.39, 0.29) is 23.4 Å². The SMILES string of the molecule is O=C(c1ccco1)C1C2C(=O)N(c3ccc(Br)cc3)C(=O)C2C2c3ccccc3C=CN12. The van der Waals surface area contributed by atoms with Gasteiger partial charge in [-0.1, -0.05) is 40.2 Å². The topological polar surface area (TPSA) is 70.8 Å². The maximum absolute atomic E-state index is 13.7. The number of halogens is 1. The molecule has 0 aliphatic carbocycles. The molecule has 2 amide bonds. The van der Waals surface area contributed by atoms with Crippen LogP contribution in [0.2, 0.25) is 0 Å². The number of carbonyl (C=O) groups is 3. The minimum atomic E-state index is -0.822. The monoisotopic (exact) mass is 488 g/mol. The number of hydrogen-bond acceptors (Lipinski definition) is 5. The summed E-state index contributed by atoms with van der Waals surface area (Å²) in [4.78, 5) is 44.0. The third-order valence-electron chi connectivity index (χ3n) is 6.58. The van der Waals surface area contributed by atoms with Gasteiger partial charge in [-0.05, 0) is 53.6 Å². The van der Waals surface area contributed by atoms with Gasteiger partial charge in [-0.2, -0.15) is 0 Å². The van der Waals surface area contributed by atoms with Gasteiger partial charge in [-0.15, -0.1) is 0 Å². The van der Waals surface area contributed by atoms with Crippen molar-refractivity contribution < 1.29 is 18.8 Å². The predicted octanol–water partition coefficient (Wildman–Crippen LogP) is 4.44. The zero-order valence-electron chi connectivity index (χ0n) is 16.7. The first-order valence-corrected chi connectivity index (χ1v) is 11.1. The van der Waals surface area contributed by atoms with Gasteiger partial charge in [0, 0.05) is 10.7 Å². The molecule has 32 heavy (non-hydrogen) atoms. The van der Waals surface area contributed by atoms with E-state index in [1.807, 2.05) is 41.4 Å². The van der Waals surface area contributed by atoms with E-state index in [0.29, 0.717) is 5.69 Å². The van der Waals surface area contributed by atoms with Crippen LogP contribution >= 0.6 is 15.9 Å². The van der Waals surface area contributed by atoms with Crippen LogP contribution in [0.15, 0.2) is 82.0 Å². The van der Waals surface area contributed by atoms with Crippen LogP contribution in [0.5, 0.6) is 0 Å². The van der Waals surface area contributed by atoms with Crippen LogP contribution in [0.25, 0.3) is 6.08 Å². The Kier molecular flexibility index (Phi) is 4.23. The van der Waals surface area contributed by atoms with Gasteiger partial charge >= 0.3 is 0 Å². The van der Waals surface area contributed by atoms with Gasteiger partial charge in [0.1, 0.15) is 6.04 Å². The Morgan fingerprint density at radius 3 is 2.41 bits per heavy atom. The van der Waals surface area contributed by atoms with Gasteiger partial charge in [0.25, 0.3) is 0 Å². The van der Waals surface area contributed by atoms with E-state index in [4.69, 9.17) is 4.42 Å². The quantitative estimate of drug-likeness (QED) is 0.402. The molecule has 0 radical (unpaired) electrons. The number of nitrogens with zero attached hydrogens (tertiary/aromatic N) is 2. The van der Waals surface area contributed by atoms with Crippen molar-refractivity contribution in [2.45, 2.75) is 12.1 Å². The highest BCUT2D eigenvalue weighted by atomic mass is 79.9. The third kappa shape index (κ3) is 2.61. The maximum Gasteiger partial charge on any atom is 0.240 e. The first kappa shape index (κ1) is 19.3. The second-order valence-electron chi connectivity index (χ2n) is 8.16. The van der Waals surface area contributed by atoms with Crippen molar-refractivity contribution in [1.82, 2.24) is 4.90 Å². The van der Waals surface area contributed by atoms with Gasteiger partial charge in [0.05, 0.1) is 29.8 Å². The summed E-state index contributed by atoms with van der Waals surface area (Å²) in [7, 11) is 0. The van der Waals surface area contributed by atoms with Crippen molar-refractivity contribution >= 4 is 45.3 Å². The summed E-state index contributed by atoms with van der Waals surface area (Å²) in [6.07, 6.45) is 5.20. The minimum Gasteiger partial charge on any atom is -0.461 e. The van der Waals surface area contributed by atoms with Crippen LogP contribution in [-0.2, 0) is 9.59 Å². The van der Waals surface area contributed by atoms with Gasteiger partial charge in [-0.3, -0.25) is 14.4 Å². The lowest BCUT2D eigenvalue weighted by molar-refractivity contribution is -0.123. The largest absolute Gasteiger partial charge is 0.461 e. The Hall–Kier alpha value is -3.45. The molecule has 6 rings (SSSR count). The Morgan fingerprint density at radius 1 is 0.906 bits per heavy atom. The Morgan fingerprint density at radius 2 is 1.66 bits per heavy atom. The summed E-state index contributed by atoms with van der Waals surface area (Å²) in [6.45, 7) is 0. The second-order valence-corrected chi connectivity index (χ2v) is 9.08. The molecule has 3 aromatic rings. The van der Waals surface area contributed by atoms with Crippen molar-refractivity contribution in [3.63, 3.8) is 0 Å². The number of amides is 2. The highest BCUT2D eigenvalue weighted by molar-refractivity contribution is 9.10. The normalized spacial score (nSPS) is 25.7. The van der Waals surface area contributed by atoms with Crippen LogP contribution in [-0.4, -0.2) is 28.5 Å². The summed E-state index contributed by atoms with van der Waals surface area (Å²) in [5.41, 5.74) is 2.44. The Balaban J connectivity index is 1.50. The molecule has 6 nitrogen and oxygen atoms in total. The lowest BCUT2D eigenvalue weighted by Gasteiger charge is -2.35. The van der Waals surface area contributed by atoms with Crippen LogP contribution in [0, 0.1) is 11.8 Å². The molecule has 0 bridgehead atoms. The summed E-state index contributed by atoms with van der Waals surface area (Å²) in [6, 6.07) is 16.9. The molecule has 2 saturated heterocycles. The van der Waals surface area contributed by atoms with Gasteiger partial charge in [-0.25, -0.2) is 4.90 Å². The lowest BCUT2D eigenvalue weighted by Crippen LogP contribution is -2.44. The molecule has 4 unspecified atom stereocenters. The van der Waals surface area contributed by atoms with E-state index in [9.17, 15) is 14.4 Å². The molecule has 4 heterocycles. The van der Waals surface area contributed by atoms with Crippen molar-refractivity contribution in [2.75, 3.05) is 4.90 Å². The van der Waals surface area contributed by atoms with Crippen molar-refractivity contribution in [1.29, 1.82) is 0 Å². The number of rotatable bonds is 3. The first-order valence-electron chi connectivity index (χ1n) is 10.3. The third-order valence-corrected chi connectivity index (χ3v) is 7.11. The lowest BCUT2D eigenvalue weighted by atomic mass is 9.84. The minimum absolute atomic E-state index is 0.184. The number of hydrogen-bond donors (Lipinski definition) is 0. The molecule has 2 fully saturated rings. The Labute approximate surface area is 192 Å². The number of benzene rings is 2. The van der Waals surface area contributed by atoms with E-state index in [1.165, 1.54) is 11.2 Å². The van der Waals surface area contributed by atoms with Gasteiger partial charge in [0.15, 0.2) is 5.76 Å². The summed E-state index contributed by atoms with van der Waals surface area (Å²) in [5.74, 6) is -2.21. The van der Waals surface area contributed by atoms with Crippen molar-refractivity contribution in [3.05, 3.63) is 94.5 Å². The van der Waals surface area contributed by atoms with E-state index in [1.54, 1.807) is 36.4 Å². The van der Waals surface area contributed by atoms with Crippen LogP contribution in [0.4, 0.5) is 5.69 Å². The van der Waals surface area contributed by atoms with E-state index >= 15 is 0 Å². The number of imide groups is 1. The number of Topliss-reactive ketones (excluding diaryl/α,β-unsaturated/α-hetero) is 1. The molecular formula is C25H17BrN2O4. The summed E-state index contributed by atoms with van der Waals surface area (Å²) in [5, 5.41) is 0. The number of anilines is 1. The molecule has 2 aromatic carbocycles. The van der Waals surface area contributed by atoms with E-state index in [0.717, 1.165) is 15.6 Å². The van der Waals surface area contributed by atoms with Gasteiger partial charge < -0.3 is 9.32 Å². The number of carbonyl (C=O) groups excluding carboxylic acids is 3. The molecule has 0 saturated carbocycles. The highest BCUT2D eigenvalue weighted by Gasteiger charge is 2.64. The standard InChI is InChI=1S/C25H17BrN2O4/c26-15-7-9-16(10-8-15)28-24(30)19-20(25(28)31)22(23(29)18-6-3-13-32-18)27-12-11-14-4-1-2-5-17(14)21(19)27/h1-13,19-22H. The van der Waals surface area contributed by atoms with Crippen molar-refractivity contribution in [3.8, 4) is 0 Å². The fourth-order valence-corrected chi connectivity index (χ4v) is 5.53. The Bertz CT molecular complexity index is 1280. The second kappa shape index (κ2) is 7.03. The molecule has 3 aliphatic rings. The molecule has 7 heteroatoms. The summed E-state index contributed by atoms with van der Waals surface area (Å²) >= 11 is 3.39. The molecule has 4 atom stereocenters. The molecule has 1 aromatic heterocycles. The molecule has 3 aliphatic heterocycles. The van der Waals surface area contributed by atoms with Crippen LogP contribution in [0.3, 0.4) is 0 Å². The van der Waals surface area contributed by atoms with Gasteiger partial charge in [0.2, 0.25) is 17.6 Å². The molecule has 0 spiro atoms.